The van der Waals surface area contributed by atoms with E-state index in [9.17, 15) is 18.0 Å². The molecular weight excluding hydrogens is 377 g/mol. The lowest BCUT2D eigenvalue weighted by molar-refractivity contribution is -0.274. The number of ether oxygens (including phenoxy) is 2. The first-order valence-corrected chi connectivity index (χ1v) is 8.58. The van der Waals surface area contributed by atoms with E-state index in [-0.39, 0.29) is 23.9 Å². The Balaban J connectivity index is 1.68. The Labute approximate surface area is 159 Å². The number of nitrogens with zero attached hydrogens (tertiary/aromatic N) is 4. The summed E-state index contributed by atoms with van der Waals surface area (Å²) in [4.78, 5) is 24.5. The van der Waals surface area contributed by atoms with Crippen molar-refractivity contribution in [1.29, 1.82) is 0 Å². The molecule has 10 heteroatoms. The largest absolute Gasteiger partial charge is 0.573 e. The van der Waals surface area contributed by atoms with Gasteiger partial charge in [-0.1, -0.05) is 12.1 Å². The Hall–Kier alpha value is -2.88. The van der Waals surface area contributed by atoms with E-state index in [4.69, 9.17) is 4.74 Å². The number of anilines is 1. The zero-order valence-corrected chi connectivity index (χ0v) is 15.1. The smallest absolute Gasteiger partial charge is 0.406 e. The maximum absolute atomic E-state index is 12.7. The first-order chi connectivity index (χ1) is 13.3. The van der Waals surface area contributed by atoms with Crippen LogP contribution in [0.25, 0.3) is 0 Å². The Morgan fingerprint density at radius 3 is 2.75 bits per heavy atom. The van der Waals surface area contributed by atoms with Crippen molar-refractivity contribution in [2.24, 2.45) is 0 Å². The van der Waals surface area contributed by atoms with E-state index in [1.54, 1.807) is 13.1 Å². The van der Waals surface area contributed by atoms with Crippen LogP contribution in [0.5, 0.6) is 5.75 Å². The van der Waals surface area contributed by atoms with Gasteiger partial charge in [-0.25, -0.2) is 9.97 Å². The molecule has 1 aromatic carbocycles. The minimum absolute atomic E-state index is 0.102. The fraction of sp³-hybridized carbons (Fsp3) is 0.389. The molecule has 1 amide bonds. The van der Waals surface area contributed by atoms with Crippen molar-refractivity contribution in [3.8, 4) is 5.75 Å². The van der Waals surface area contributed by atoms with Crippen molar-refractivity contribution in [3.05, 3.63) is 47.8 Å². The summed E-state index contributed by atoms with van der Waals surface area (Å²) in [5.41, 5.74) is 0.710. The fourth-order valence-corrected chi connectivity index (χ4v) is 2.77. The number of alkyl halides is 3. The number of aromatic nitrogens is 2. The number of rotatable bonds is 5. The molecule has 1 aliphatic rings. The van der Waals surface area contributed by atoms with Gasteiger partial charge in [0.25, 0.3) is 5.91 Å². The van der Waals surface area contributed by atoms with E-state index in [1.807, 2.05) is 4.90 Å². The zero-order chi connectivity index (χ0) is 20.1. The fourth-order valence-electron chi connectivity index (χ4n) is 2.77. The van der Waals surface area contributed by atoms with Gasteiger partial charge in [-0.15, -0.1) is 13.2 Å². The second-order valence-electron chi connectivity index (χ2n) is 6.20. The number of carbonyl (C=O) groups is 1. The highest BCUT2D eigenvalue weighted by Gasteiger charge is 2.31. The first-order valence-electron chi connectivity index (χ1n) is 8.58. The maximum atomic E-state index is 12.7. The molecule has 7 nitrogen and oxygen atoms in total. The lowest BCUT2D eigenvalue weighted by Crippen LogP contribution is -2.37. The summed E-state index contributed by atoms with van der Waals surface area (Å²) in [5.74, 6) is -0.246. The number of hydrogen-bond acceptors (Lipinski definition) is 6. The topological polar surface area (TPSA) is 67.8 Å². The molecule has 1 aliphatic heterocycles. The molecule has 0 atom stereocenters. The van der Waals surface area contributed by atoms with Gasteiger partial charge in [-0.3, -0.25) is 4.79 Å². The summed E-state index contributed by atoms with van der Waals surface area (Å²) in [5, 5.41) is 0. The summed E-state index contributed by atoms with van der Waals surface area (Å²) in [7, 11) is 1.55. The SMILES string of the molecule is CN(Cc1cccc(OC(F)(F)F)c1)C(=O)c1ccnc(N2CCOCC2)n1. The van der Waals surface area contributed by atoms with Gasteiger partial charge < -0.3 is 19.3 Å². The third-order valence-corrected chi connectivity index (χ3v) is 4.05. The van der Waals surface area contributed by atoms with Crippen LogP contribution >= 0.6 is 0 Å². The third kappa shape index (κ3) is 5.32. The minimum atomic E-state index is -4.77. The van der Waals surface area contributed by atoms with Crippen LogP contribution in [-0.2, 0) is 11.3 Å². The van der Waals surface area contributed by atoms with Crippen molar-refractivity contribution in [3.63, 3.8) is 0 Å². The molecule has 0 bridgehead atoms. The van der Waals surface area contributed by atoms with Crippen molar-refractivity contribution >= 4 is 11.9 Å². The summed E-state index contributed by atoms with van der Waals surface area (Å²) >= 11 is 0. The summed E-state index contributed by atoms with van der Waals surface area (Å²) in [6.45, 7) is 2.51. The lowest BCUT2D eigenvalue weighted by atomic mass is 10.2. The van der Waals surface area contributed by atoms with Crippen molar-refractivity contribution in [1.82, 2.24) is 14.9 Å². The first kappa shape index (κ1) is 19.9. The second kappa shape index (κ2) is 8.42. The number of benzene rings is 1. The van der Waals surface area contributed by atoms with E-state index in [0.29, 0.717) is 37.8 Å². The molecule has 28 heavy (non-hydrogen) atoms. The van der Waals surface area contributed by atoms with Gasteiger partial charge in [0.05, 0.1) is 13.2 Å². The van der Waals surface area contributed by atoms with Crippen LogP contribution in [0.3, 0.4) is 0 Å². The molecule has 0 saturated carbocycles. The molecule has 2 heterocycles. The van der Waals surface area contributed by atoms with Crippen LogP contribution in [0.4, 0.5) is 19.1 Å². The van der Waals surface area contributed by atoms with E-state index < -0.39 is 6.36 Å². The Morgan fingerprint density at radius 1 is 1.29 bits per heavy atom. The Kier molecular flexibility index (Phi) is 5.98. The van der Waals surface area contributed by atoms with Gasteiger partial charge in [0.2, 0.25) is 5.95 Å². The summed E-state index contributed by atoms with van der Waals surface area (Å²) in [6.07, 6.45) is -3.26. The van der Waals surface area contributed by atoms with Gasteiger partial charge in [0.15, 0.2) is 0 Å². The molecule has 0 spiro atoms. The second-order valence-corrected chi connectivity index (χ2v) is 6.20. The van der Waals surface area contributed by atoms with Crippen LogP contribution in [0.2, 0.25) is 0 Å². The van der Waals surface area contributed by atoms with E-state index >= 15 is 0 Å². The molecule has 150 valence electrons. The van der Waals surface area contributed by atoms with Gasteiger partial charge in [0, 0.05) is 32.9 Å². The monoisotopic (exact) mass is 396 g/mol. The van der Waals surface area contributed by atoms with Crippen LogP contribution in [0.15, 0.2) is 36.5 Å². The molecule has 0 unspecified atom stereocenters. The number of morpholine rings is 1. The minimum Gasteiger partial charge on any atom is -0.406 e. The van der Waals surface area contributed by atoms with Crippen LogP contribution in [0, 0.1) is 0 Å². The van der Waals surface area contributed by atoms with Crippen molar-refractivity contribution < 1.29 is 27.4 Å². The number of halogens is 3. The van der Waals surface area contributed by atoms with Crippen LogP contribution in [-0.4, -0.2) is 60.5 Å². The quantitative estimate of drug-likeness (QED) is 0.774. The molecule has 1 aromatic heterocycles. The van der Waals surface area contributed by atoms with Crippen LogP contribution < -0.4 is 9.64 Å². The molecule has 0 N–H and O–H groups in total. The van der Waals surface area contributed by atoms with E-state index in [1.165, 1.54) is 35.4 Å². The van der Waals surface area contributed by atoms with Crippen molar-refractivity contribution in [2.75, 3.05) is 38.3 Å². The normalized spacial score (nSPS) is 14.6. The Bertz CT molecular complexity index is 826. The highest BCUT2D eigenvalue weighted by molar-refractivity contribution is 5.92. The molecular formula is C18H19F3N4O3. The van der Waals surface area contributed by atoms with Gasteiger partial charge in [-0.2, -0.15) is 0 Å². The highest BCUT2D eigenvalue weighted by atomic mass is 19.4. The number of hydrogen-bond donors (Lipinski definition) is 0. The van der Waals surface area contributed by atoms with Gasteiger partial charge >= 0.3 is 6.36 Å². The highest BCUT2D eigenvalue weighted by Crippen LogP contribution is 2.24. The zero-order valence-electron chi connectivity index (χ0n) is 15.1. The van der Waals surface area contributed by atoms with E-state index in [0.717, 1.165) is 0 Å². The summed E-state index contributed by atoms with van der Waals surface area (Å²) < 4.78 is 46.3. The Morgan fingerprint density at radius 2 is 2.04 bits per heavy atom. The standard InChI is InChI=1S/C18H19F3N4O3/c1-24(12-13-3-2-4-14(11-13)28-18(19,20)21)16(26)15-5-6-22-17(23-15)25-7-9-27-10-8-25/h2-6,11H,7-10,12H2,1H3. The molecule has 1 saturated heterocycles. The van der Waals surface area contributed by atoms with Crippen LogP contribution in [0.1, 0.15) is 16.1 Å². The molecule has 0 aliphatic carbocycles. The van der Waals surface area contributed by atoms with Gasteiger partial charge in [-0.05, 0) is 23.8 Å². The number of amides is 1. The average Bonchev–Trinajstić information content (AvgIpc) is 2.67. The van der Waals surface area contributed by atoms with Gasteiger partial charge in [0.1, 0.15) is 11.4 Å². The van der Waals surface area contributed by atoms with E-state index in [2.05, 4.69) is 14.7 Å². The third-order valence-electron chi connectivity index (χ3n) is 4.05. The average molecular weight is 396 g/mol. The van der Waals surface area contributed by atoms with Crippen molar-refractivity contribution in [2.45, 2.75) is 12.9 Å². The maximum Gasteiger partial charge on any atom is 0.573 e. The molecule has 0 radical (unpaired) electrons. The molecule has 1 fully saturated rings. The lowest BCUT2D eigenvalue weighted by Gasteiger charge is -2.27. The predicted octanol–water partition coefficient (Wildman–Crippen LogP) is 2.48. The molecule has 3 rings (SSSR count). The predicted molar refractivity (Wildman–Crippen MR) is 94.0 cm³/mol. The number of carbonyl (C=O) groups excluding carboxylic acids is 1. The molecule has 2 aromatic rings. The summed E-state index contributed by atoms with van der Waals surface area (Å²) in [6, 6.07) is 7.02.